The van der Waals surface area contributed by atoms with Crippen LogP contribution in [-0.4, -0.2) is 54.0 Å². The number of ether oxygens (including phenoxy) is 2. The molecule has 8 nitrogen and oxygen atoms in total. The summed E-state index contributed by atoms with van der Waals surface area (Å²) < 4.78 is 38.9. The summed E-state index contributed by atoms with van der Waals surface area (Å²) in [6, 6.07) is 10.9. The normalized spacial score (nSPS) is 16.1. The van der Waals surface area contributed by atoms with Crippen molar-refractivity contribution in [3.05, 3.63) is 48.3 Å². The van der Waals surface area contributed by atoms with Crippen LogP contribution in [0.25, 0.3) is 10.9 Å². The number of para-hydroxylation sites is 1. The molecule has 29 heavy (non-hydrogen) atoms. The molecule has 0 amide bonds. The minimum absolute atomic E-state index is 0.117. The van der Waals surface area contributed by atoms with Crippen LogP contribution in [0.5, 0.6) is 11.9 Å². The molecule has 3 aromatic rings. The number of aromatic nitrogens is 3. The molecule has 0 saturated carbocycles. The third-order valence-corrected chi connectivity index (χ3v) is 6.85. The van der Waals surface area contributed by atoms with Crippen LogP contribution in [0, 0.1) is 6.92 Å². The summed E-state index contributed by atoms with van der Waals surface area (Å²) >= 11 is 0. The maximum absolute atomic E-state index is 13.3. The van der Waals surface area contributed by atoms with Crippen LogP contribution in [0.4, 0.5) is 0 Å². The first-order valence-electron chi connectivity index (χ1n) is 9.37. The Kier molecular flexibility index (Phi) is 5.33. The van der Waals surface area contributed by atoms with Crippen LogP contribution in [0.3, 0.4) is 0 Å². The molecular weight excluding hydrogens is 392 g/mol. The highest BCUT2D eigenvalue weighted by atomic mass is 32.2. The zero-order chi connectivity index (χ0) is 20.4. The van der Waals surface area contributed by atoms with Crippen molar-refractivity contribution in [3.63, 3.8) is 0 Å². The van der Waals surface area contributed by atoms with Gasteiger partial charge in [0.15, 0.2) is 0 Å². The van der Waals surface area contributed by atoms with Gasteiger partial charge in [-0.2, -0.15) is 9.29 Å². The number of piperidine rings is 1. The summed E-state index contributed by atoms with van der Waals surface area (Å²) in [5, 5.41) is 0.813. The second-order valence-electron chi connectivity index (χ2n) is 6.88. The van der Waals surface area contributed by atoms with Crippen molar-refractivity contribution in [2.75, 3.05) is 20.2 Å². The summed E-state index contributed by atoms with van der Waals surface area (Å²) in [5.41, 5.74) is 1.30. The average Bonchev–Trinajstić information content (AvgIpc) is 2.73. The first-order chi connectivity index (χ1) is 14.0. The van der Waals surface area contributed by atoms with Crippen molar-refractivity contribution in [1.82, 2.24) is 19.3 Å². The van der Waals surface area contributed by atoms with E-state index in [9.17, 15) is 8.42 Å². The lowest BCUT2D eigenvalue weighted by Crippen LogP contribution is -2.41. The van der Waals surface area contributed by atoms with E-state index in [1.165, 1.54) is 11.4 Å². The molecular formula is C20H22N4O4S. The van der Waals surface area contributed by atoms with E-state index < -0.39 is 10.0 Å². The lowest BCUT2D eigenvalue weighted by molar-refractivity contribution is 0.128. The predicted octanol–water partition coefficient (Wildman–Crippen LogP) is 2.57. The minimum Gasteiger partial charge on any atom is -0.474 e. The highest BCUT2D eigenvalue weighted by molar-refractivity contribution is 7.89. The molecule has 3 heterocycles. The van der Waals surface area contributed by atoms with Crippen LogP contribution in [0.2, 0.25) is 0 Å². The Morgan fingerprint density at radius 3 is 2.62 bits per heavy atom. The Labute approximate surface area is 169 Å². The Hall–Kier alpha value is -2.78. The highest BCUT2D eigenvalue weighted by Crippen LogP contribution is 2.27. The van der Waals surface area contributed by atoms with Crippen LogP contribution >= 0.6 is 0 Å². The van der Waals surface area contributed by atoms with Gasteiger partial charge in [-0.1, -0.05) is 18.2 Å². The topological polar surface area (TPSA) is 94.5 Å². The van der Waals surface area contributed by atoms with Crippen molar-refractivity contribution >= 4 is 20.9 Å². The number of sulfonamides is 1. The molecule has 0 N–H and O–H groups in total. The summed E-state index contributed by atoms with van der Waals surface area (Å²) in [7, 11) is -2.15. The molecule has 2 aromatic heterocycles. The quantitative estimate of drug-likeness (QED) is 0.633. The molecule has 0 unspecified atom stereocenters. The summed E-state index contributed by atoms with van der Waals surface area (Å²) in [5.74, 6) is 0.423. The first-order valence-corrected chi connectivity index (χ1v) is 10.8. The lowest BCUT2D eigenvalue weighted by atomic mass is 10.1. The third kappa shape index (κ3) is 4.01. The molecule has 1 aliphatic rings. The van der Waals surface area contributed by atoms with Crippen LogP contribution < -0.4 is 9.47 Å². The fraction of sp³-hybridized carbons (Fsp3) is 0.350. The van der Waals surface area contributed by atoms with Gasteiger partial charge in [-0.15, -0.1) is 0 Å². The molecule has 9 heteroatoms. The van der Waals surface area contributed by atoms with Gasteiger partial charge in [-0.3, -0.25) is 4.98 Å². The minimum atomic E-state index is -3.64. The zero-order valence-electron chi connectivity index (χ0n) is 16.3. The lowest BCUT2D eigenvalue weighted by Gasteiger charge is -2.31. The SMILES string of the molecule is COc1nccc(OC2CCN(S(=O)(=O)c3cccc4ccc(C)nc34)CC2)n1. The van der Waals surface area contributed by atoms with E-state index in [1.54, 1.807) is 24.4 Å². The van der Waals surface area contributed by atoms with Crippen molar-refractivity contribution in [1.29, 1.82) is 0 Å². The fourth-order valence-corrected chi connectivity index (χ4v) is 5.04. The maximum atomic E-state index is 13.3. The van der Waals surface area contributed by atoms with Gasteiger partial charge in [-0.05, 0) is 31.9 Å². The van der Waals surface area contributed by atoms with Gasteiger partial charge < -0.3 is 9.47 Å². The largest absolute Gasteiger partial charge is 0.474 e. The Bertz CT molecular complexity index is 1130. The number of hydrogen-bond donors (Lipinski definition) is 0. The van der Waals surface area contributed by atoms with Gasteiger partial charge in [-0.25, -0.2) is 13.4 Å². The van der Waals surface area contributed by atoms with Gasteiger partial charge >= 0.3 is 6.01 Å². The number of rotatable bonds is 5. The number of hydrogen-bond acceptors (Lipinski definition) is 7. The van der Waals surface area contributed by atoms with E-state index in [-0.39, 0.29) is 17.0 Å². The predicted molar refractivity (Wildman–Crippen MR) is 107 cm³/mol. The van der Waals surface area contributed by atoms with Crippen LogP contribution in [-0.2, 0) is 10.0 Å². The van der Waals surface area contributed by atoms with E-state index in [0.717, 1.165) is 11.1 Å². The molecule has 1 aromatic carbocycles. The van der Waals surface area contributed by atoms with Gasteiger partial charge in [0.05, 0.1) is 12.6 Å². The second-order valence-corrected chi connectivity index (χ2v) is 8.79. The molecule has 1 fully saturated rings. The highest BCUT2D eigenvalue weighted by Gasteiger charge is 2.31. The van der Waals surface area contributed by atoms with Gasteiger partial charge in [0.25, 0.3) is 0 Å². The molecule has 1 aliphatic heterocycles. The molecule has 0 radical (unpaired) electrons. The number of pyridine rings is 1. The smallest absolute Gasteiger partial charge is 0.319 e. The standard InChI is InChI=1S/C20H22N4O4S/c1-14-6-7-15-4-3-5-17(19(15)22-14)29(25,26)24-12-9-16(10-13-24)28-18-8-11-21-20(23-18)27-2/h3-8,11,16H,9-10,12-13H2,1-2H3. The zero-order valence-corrected chi connectivity index (χ0v) is 17.1. The van der Waals surface area contributed by atoms with E-state index >= 15 is 0 Å². The number of methoxy groups -OCH3 is 1. The Morgan fingerprint density at radius 1 is 1.07 bits per heavy atom. The van der Waals surface area contributed by atoms with Crippen LogP contribution in [0.1, 0.15) is 18.5 Å². The van der Waals surface area contributed by atoms with E-state index in [4.69, 9.17) is 9.47 Å². The molecule has 1 saturated heterocycles. The molecule has 4 rings (SSSR count). The van der Waals surface area contributed by atoms with Crippen LogP contribution in [0.15, 0.2) is 47.5 Å². The summed E-state index contributed by atoms with van der Waals surface area (Å²) in [6.45, 7) is 2.60. The fourth-order valence-electron chi connectivity index (χ4n) is 3.41. The maximum Gasteiger partial charge on any atom is 0.319 e. The van der Waals surface area contributed by atoms with E-state index in [1.807, 2.05) is 25.1 Å². The van der Waals surface area contributed by atoms with E-state index in [2.05, 4.69) is 15.0 Å². The van der Waals surface area contributed by atoms with Gasteiger partial charge in [0.2, 0.25) is 15.9 Å². The summed E-state index contributed by atoms with van der Waals surface area (Å²) in [4.78, 5) is 12.8. The molecule has 152 valence electrons. The van der Waals surface area contributed by atoms with Gasteiger partial charge in [0, 0.05) is 36.4 Å². The second kappa shape index (κ2) is 7.92. The van der Waals surface area contributed by atoms with Crippen molar-refractivity contribution < 1.29 is 17.9 Å². The van der Waals surface area contributed by atoms with E-state index in [0.29, 0.717) is 37.3 Å². The average molecular weight is 414 g/mol. The number of fused-ring (bicyclic) bond motifs is 1. The molecule has 0 spiro atoms. The van der Waals surface area contributed by atoms with Crippen molar-refractivity contribution in [2.45, 2.75) is 30.8 Å². The Balaban J connectivity index is 1.50. The Morgan fingerprint density at radius 2 is 1.86 bits per heavy atom. The molecule has 0 aliphatic carbocycles. The number of benzene rings is 1. The third-order valence-electron chi connectivity index (χ3n) is 4.92. The first kappa shape index (κ1) is 19.5. The van der Waals surface area contributed by atoms with Gasteiger partial charge in [0.1, 0.15) is 11.0 Å². The molecule has 0 bridgehead atoms. The number of aryl methyl sites for hydroxylation is 1. The van der Waals surface area contributed by atoms with Crippen molar-refractivity contribution in [3.8, 4) is 11.9 Å². The summed E-state index contributed by atoms with van der Waals surface area (Å²) in [6.07, 6.45) is 2.59. The van der Waals surface area contributed by atoms with Crippen molar-refractivity contribution in [2.24, 2.45) is 0 Å². The monoisotopic (exact) mass is 414 g/mol. The molecule has 0 atom stereocenters. The number of nitrogens with zero attached hydrogens (tertiary/aromatic N) is 4.